The maximum absolute atomic E-state index is 12.9. The molecule has 6 nitrogen and oxygen atoms in total. The van der Waals surface area contributed by atoms with Crippen LogP contribution < -0.4 is 0 Å². The highest BCUT2D eigenvalue weighted by atomic mass is 16.5. The lowest BCUT2D eigenvalue weighted by Gasteiger charge is -2.37. The first kappa shape index (κ1) is 23.4. The second kappa shape index (κ2) is 11.4. The van der Waals surface area contributed by atoms with Gasteiger partial charge in [0.05, 0.1) is 13.2 Å². The highest BCUT2D eigenvalue weighted by Crippen LogP contribution is 2.26. The van der Waals surface area contributed by atoms with Crippen LogP contribution in [0.15, 0.2) is 48.8 Å². The molecule has 2 aliphatic heterocycles. The summed E-state index contributed by atoms with van der Waals surface area (Å²) in [5.41, 5.74) is 3.67. The van der Waals surface area contributed by atoms with Gasteiger partial charge in [-0.3, -0.25) is 14.6 Å². The third-order valence-corrected chi connectivity index (χ3v) is 7.05. The number of nitrogens with zero attached hydrogens (tertiary/aromatic N) is 3. The fraction of sp³-hybridized carbons (Fsp3) is 0.519. The predicted molar refractivity (Wildman–Crippen MR) is 127 cm³/mol. The van der Waals surface area contributed by atoms with Crippen molar-refractivity contribution in [3.8, 4) is 0 Å². The number of hydrogen-bond donors (Lipinski definition) is 0. The summed E-state index contributed by atoms with van der Waals surface area (Å²) < 4.78 is 5.81. The van der Waals surface area contributed by atoms with Crippen molar-refractivity contribution in [1.29, 1.82) is 0 Å². The van der Waals surface area contributed by atoms with Gasteiger partial charge < -0.3 is 14.5 Å². The first-order valence-corrected chi connectivity index (χ1v) is 12.2. The van der Waals surface area contributed by atoms with E-state index in [9.17, 15) is 9.59 Å². The maximum atomic E-state index is 12.9. The second-order valence-corrected chi connectivity index (χ2v) is 9.42. The van der Waals surface area contributed by atoms with E-state index in [1.807, 2.05) is 17.0 Å². The predicted octanol–water partition coefficient (Wildman–Crippen LogP) is 3.84. The standard InChI is InChI=1S/C27H35N3O3/c1-21(31)29-16-10-26(11-17-29)27(32)30-14-8-23(9-15-30)18-22-2-4-24(5-3-22)19-33-20-25-6-12-28-13-7-25/h2-7,12-13,23,26H,8-11,14-20H2,1H3. The lowest BCUT2D eigenvalue weighted by Crippen LogP contribution is -2.46. The van der Waals surface area contributed by atoms with Crippen molar-refractivity contribution < 1.29 is 14.3 Å². The molecular weight excluding hydrogens is 414 g/mol. The van der Waals surface area contributed by atoms with Crippen LogP contribution in [0.25, 0.3) is 0 Å². The number of pyridine rings is 1. The number of carbonyl (C=O) groups excluding carboxylic acids is 2. The van der Waals surface area contributed by atoms with Crippen molar-refractivity contribution in [2.24, 2.45) is 11.8 Å². The average Bonchev–Trinajstić information content (AvgIpc) is 2.86. The van der Waals surface area contributed by atoms with Crippen molar-refractivity contribution >= 4 is 11.8 Å². The summed E-state index contributed by atoms with van der Waals surface area (Å²) in [6, 6.07) is 12.7. The number of benzene rings is 1. The lowest BCUT2D eigenvalue weighted by atomic mass is 9.88. The van der Waals surface area contributed by atoms with E-state index >= 15 is 0 Å². The summed E-state index contributed by atoms with van der Waals surface area (Å²) in [6.07, 6.45) is 8.37. The molecule has 33 heavy (non-hydrogen) atoms. The van der Waals surface area contributed by atoms with Crippen LogP contribution in [0.2, 0.25) is 0 Å². The molecule has 2 fully saturated rings. The SMILES string of the molecule is CC(=O)N1CCC(C(=O)N2CCC(Cc3ccc(COCc4ccncc4)cc3)CC2)CC1. The number of ether oxygens (including phenoxy) is 1. The Kier molecular flexibility index (Phi) is 8.10. The lowest BCUT2D eigenvalue weighted by molar-refractivity contribution is -0.141. The van der Waals surface area contributed by atoms with E-state index in [2.05, 4.69) is 34.1 Å². The molecule has 0 N–H and O–H groups in total. The van der Waals surface area contributed by atoms with E-state index in [1.165, 1.54) is 11.1 Å². The molecule has 0 aliphatic carbocycles. The van der Waals surface area contributed by atoms with Gasteiger partial charge >= 0.3 is 0 Å². The topological polar surface area (TPSA) is 62.7 Å². The largest absolute Gasteiger partial charge is 0.372 e. The van der Waals surface area contributed by atoms with E-state index in [4.69, 9.17) is 4.74 Å². The zero-order valence-electron chi connectivity index (χ0n) is 19.6. The van der Waals surface area contributed by atoms with Crippen LogP contribution in [-0.4, -0.2) is 52.8 Å². The summed E-state index contributed by atoms with van der Waals surface area (Å²) in [4.78, 5) is 32.4. The summed E-state index contributed by atoms with van der Waals surface area (Å²) in [6.45, 7) is 5.96. The molecule has 4 rings (SSSR count). The fourth-order valence-corrected chi connectivity index (χ4v) is 4.93. The minimum atomic E-state index is 0.0884. The smallest absolute Gasteiger partial charge is 0.225 e. The van der Waals surface area contributed by atoms with Crippen LogP contribution in [0.5, 0.6) is 0 Å². The number of hydrogen-bond acceptors (Lipinski definition) is 4. The van der Waals surface area contributed by atoms with E-state index in [0.717, 1.165) is 50.8 Å². The first-order valence-electron chi connectivity index (χ1n) is 12.2. The highest BCUT2D eigenvalue weighted by molar-refractivity contribution is 5.79. The number of carbonyl (C=O) groups is 2. The van der Waals surface area contributed by atoms with E-state index in [1.54, 1.807) is 19.3 Å². The Morgan fingerprint density at radius 3 is 1.97 bits per heavy atom. The molecule has 2 aromatic rings. The Balaban J connectivity index is 1.17. The van der Waals surface area contributed by atoms with Crippen LogP contribution in [0.1, 0.15) is 49.3 Å². The second-order valence-electron chi connectivity index (χ2n) is 9.42. The molecule has 2 amide bonds. The fourth-order valence-electron chi connectivity index (χ4n) is 4.93. The van der Waals surface area contributed by atoms with E-state index in [0.29, 0.717) is 38.1 Å². The normalized spacial score (nSPS) is 17.8. The summed E-state index contributed by atoms with van der Waals surface area (Å²) in [5.74, 6) is 1.13. The van der Waals surface area contributed by atoms with E-state index in [-0.39, 0.29) is 11.8 Å². The van der Waals surface area contributed by atoms with Crippen molar-refractivity contribution in [1.82, 2.24) is 14.8 Å². The molecule has 2 saturated heterocycles. The molecule has 0 spiro atoms. The Hall–Kier alpha value is -2.73. The van der Waals surface area contributed by atoms with Crippen LogP contribution >= 0.6 is 0 Å². The number of rotatable bonds is 7. The molecule has 0 unspecified atom stereocenters. The molecule has 0 atom stereocenters. The van der Waals surface area contributed by atoms with Gasteiger partial charge in [-0.25, -0.2) is 0 Å². The van der Waals surface area contributed by atoms with E-state index < -0.39 is 0 Å². The van der Waals surface area contributed by atoms with Gasteiger partial charge in [-0.2, -0.15) is 0 Å². The Morgan fingerprint density at radius 2 is 1.36 bits per heavy atom. The highest BCUT2D eigenvalue weighted by Gasteiger charge is 2.31. The van der Waals surface area contributed by atoms with Gasteiger partial charge in [0, 0.05) is 51.4 Å². The molecule has 1 aromatic carbocycles. The van der Waals surface area contributed by atoms with Crippen molar-refractivity contribution in [2.75, 3.05) is 26.2 Å². The van der Waals surface area contributed by atoms with Crippen LogP contribution in [0.4, 0.5) is 0 Å². The van der Waals surface area contributed by atoms with Gasteiger partial charge in [0.1, 0.15) is 0 Å². The average molecular weight is 450 g/mol. The number of amides is 2. The number of aromatic nitrogens is 1. The molecule has 0 radical (unpaired) electrons. The third kappa shape index (κ3) is 6.64. The summed E-state index contributed by atoms with van der Waals surface area (Å²) in [7, 11) is 0. The number of likely N-dealkylation sites (tertiary alicyclic amines) is 2. The molecule has 176 valence electrons. The minimum Gasteiger partial charge on any atom is -0.372 e. The molecule has 3 heterocycles. The third-order valence-electron chi connectivity index (χ3n) is 7.05. The maximum Gasteiger partial charge on any atom is 0.225 e. The Labute approximate surface area is 196 Å². The minimum absolute atomic E-state index is 0.0884. The monoisotopic (exact) mass is 449 g/mol. The Morgan fingerprint density at radius 1 is 0.818 bits per heavy atom. The quantitative estimate of drug-likeness (QED) is 0.644. The molecular formula is C27H35N3O3. The van der Waals surface area contributed by atoms with Gasteiger partial charge in [0.15, 0.2) is 0 Å². The van der Waals surface area contributed by atoms with Crippen molar-refractivity contribution in [2.45, 2.75) is 52.2 Å². The molecule has 6 heteroatoms. The van der Waals surface area contributed by atoms with Crippen molar-refractivity contribution in [3.63, 3.8) is 0 Å². The Bertz CT molecular complexity index is 900. The molecule has 0 saturated carbocycles. The van der Waals surface area contributed by atoms with Gasteiger partial charge in [-0.1, -0.05) is 24.3 Å². The zero-order valence-corrected chi connectivity index (χ0v) is 19.6. The zero-order chi connectivity index (χ0) is 23.0. The van der Waals surface area contributed by atoms with Gasteiger partial charge in [-0.05, 0) is 66.8 Å². The summed E-state index contributed by atoms with van der Waals surface area (Å²) >= 11 is 0. The van der Waals surface area contributed by atoms with Gasteiger partial charge in [0.25, 0.3) is 0 Å². The summed E-state index contributed by atoms with van der Waals surface area (Å²) in [5, 5.41) is 0. The van der Waals surface area contributed by atoms with Crippen molar-refractivity contribution in [3.05, 3.63) is 65.5 Å². The van der Waals surface area contributed by atoms with Crippen LogP contribution in [-0.2, 0) is 34.0 Å². The van der Waals surface area contributed by atoms with Crippen LogP contribution in [0, 0.1) is 11.8 Å². The first-order chi connectivity index (χ1) is 16.1. The van der Waals surface area contributed by atoms with Crippen LogP contribution in [0.3, 0.4) is 0 Å². The molecule has 0 bridgehead atoms. The number of piperidine rings is 2. The molecule has 2 aliphatic rings. The molecule has 1 aromatic heterocycles. The van der Waals surface area contributed by atoms with Gasteiger partial charge in [0.2, 0.25) is 11.8 Å². The van der Waals surface area contributed by atoms with Gasteiger partial charge in [-0.15, -0.1) is 0 Å².